The molecule has 0 saturated carbocycles. The lowest BCUT2D eigenvalue weighted by atomic mass is 10.3. The van der Waals surface area contributed by atoms with Crippen LogP contribution in [0.4, 0.5) is 10.5 Å². The van der Waals surface area contributed by atoms with Crippen LogP contribution in [0.5, 0.6) is 0 Å². The number of carbonyl (C=O) groups is 1. The average molecular weight is 481 g/mol. The zero-order valence-corrected chi connectivity index (χ0v) is 17.3. The molecule has 3 N–H and O–H groups in total. The van der Waals surface area contributed by atoms with Crippen LogP contribution in [-0.4, -0.2) is 27.5 Å². The molecule has 0 bridgehead atoms. The third kappa shape index (κ3) is 6.44. The molecule has 26 heavy (non-hydrogen) atoms. The van der Waals surface area contributed by atoms with E-state index in [-0.39, 0.29) is 11.4 Å². The number of carbonyl (C=O) groups excluding carboxylic acids is 1. The lowest BCUT2D eigenvalue weighted by Gasteiger charge is -2.09. The molecule has 2 aromatic carbocycles. The van der Waals surface area contributed by atoms with Gasteiger partial charge in [0.2, 0.25) is 10.0 Å². The van der Waals surface area contributed by atoms with Crippen LogP contribution in [0.1, 0.15) is 6.42 Å². The topological polar surface area (TPSA) is 87.3 Å². The maximum Gasteiger partial charge on any atom is 0.319 e. The van der Waals surface area contributed by atoms with Crippen LogP contribution < -0.4 is 15.4 Å². The predicted molar refractivity (Wildman–Crippen MR) is 107 cm³/mol. The number of urea groups is 1. The Morgan fingerprint density at radius 2 is 1.69 bits per heavy atom. The molecule has 10 heteroatoms. The quantitative estimate of drug-likeness (QED) is 0.517. The van der Waals surface area contributed by atoms with E-state index < -0.39 is 16.1 Å². The van der Waals surface area contributed by atoms with E-state index in [4.69, 9.17) is 23.2 Å². The Morgan fingerprint density at radius 1 is 1.00 bits per heavy atom. The van der Waals surface area contributed by atoms with E-state index in [1.165, 1.54) is 18.2 Å². The molecule has 0 aromatic heterocycles. The zero-order chi connectivity index (χ0) is 19.2. The molecule has 2 rings (SSSR count). The highest BCUT2D eigenvalue weighted by Crippen LogP contribution is 2.24. The molecule has 0 fully saturated rings. The molecule has 0 aliphatic carbocycles. The number of anilines is 1. The molecule has 0 radical (unpaired) electrons. The summed E-state index contributed by atoms with van der Waals surface area (Å²) in [7, 11) is -3.56. The lowest BCUT2D eigenvalue weighted by Crippen LogP contribution is -2.32. The number of benzene rings is 2. The number of hydrogen-bond acceptors (Lipinski definition) is 3. The fraction of sp³-hybridized carbons (Fsp3) is 0.188. The molecule has 0 atom stereocenters. The second kappa shape index (κ2) is 9.57. The van der Waals surface area contributed by atoms with Crippen molar-refractivity contribution in [3.63, 3.8) is 0 Å². The second-order valence-electron chi connectivity index (χ2n) is 5.22. The van der Waals surface area contributed by atoms with Gasteiger partial charge in [-0.2, -0.15) is 0 Å². The maximum atomic E-state index is 12.1. The van der Waals surface area contributed by atoms with Gasteiger partial charge in [-0.15, -0.1) is 0 Å². The number of halogens is 3. The highest BCUT2D eigenvalue weighted by molar-refractivity contribution is 9.10. The molecule has 0 aliphatic heterocycles. The van der Waals surface area contributed by atoms with E-state index in [2.05, 4.69) is 31.3 Å². The van der Waals surface area contributed by atoms with Gasteiger partial charge in [-0.3, -0.25) is 0 Å². The molecule has 0 aliphatic rings. The predicted octanol–water partition coefficient (Wildman–Crippen LogP) is 4.25. The van der Waals surface area contributed by atoms with E-state index in [9.17, 15) is 13.2 Å². The van der Waals surface area contributed by atoms with Crippen molar-refractivity contribution < 1.29 is 13.2 Å². The third-order valence-electron chi connectivity index (χ3n) is 3.23. The van der Waals surface area contributed by atoms with Crippen molar-refractivity contribution in [3.05, 3.63) is 57.0 Å². The van der Waals surface area contributed by atoms with Crippen LogP contribution in [0.3, 0.4) is 0 Å². The largest absolute Gasteiger partial charge is 0.338 e. The molecule has 0 unspecified atom stereocenters. The summed E-state index contributed by atoms with van der Waals surface area (Å²) in [5.74, 6) is 0. The van der Waals surface area contributed by atoms with Gasteiger partial charge in [-0.25, -0.2) is 17.9 Å². The number of sulfonamides is 1. The zero-order valence-electron chi connectivity index (χ0n) is 13.4. The molecule has 2 aromatic rings. The van der Waals surface area contributed by atoms with Gasteiger partial charge in [0.1, 0.15) is 0 Å². The van der Waals surface area contributed by atoms with Crippen molar-refractivity contribution in [2.24, 2.45) is 0 Å². The molecule has 6 nitrogen and oxygen atoms in total. The molecule has 2 amide bonds. The van der Waals surface area contributed by atoms with Crippen molar-refractivity contribution in [1.29, 1.82) is 0 Å². The monoisotopic (exact) mass is 479 g/mol. The Balaban J connectivity index is 1.72. The Morgan fingerprint density at radius 3 is 2.35 bits per heavy atom. The van der Waals surface area contributed by atoms with Gasteiger partial charge in [0, 0.05) is 23.2 Å². The smallest absolute Gasteiger partial charge is 0.319 e. The van der Waals surface area contributed by atoms with Crippen molar-refractivity contribution in [3.8, 4) is 0 Å². The van der Waals surface area contributed by atoms with Crippen molar-refractivity contribution in [1.82, 2.24) is 10.0 Å². The highest BCUT2D eigenvalue weighted by Gasteiger charge is 2.12. The van der Waals surface area contributed by atoms with Crippen LogP contribution in [0.15, 0.2) is 51.8 Å². The average Bonchev–Trinajstić information content (AvgIpc) is 2.58. The lowest BCUT2D eigenvalue weighted by molar-refractivity contribution is 0.252. The van der Waals surface area contributed by atoms with Gasteiger partial charge in [-0.1, -0.05) is 39.1 Å². The summed E-state index contributed by atoms with van der Waals surface area (Å²) >= 11 is 14.9. The van der Waals surface area contributed by atoms with Crippen LogP contribution >= 0.6 is 39.1 Å². The van der Waals surface area contributed by atoms with E-state index in [0.29, 0.717) is 28.7 Å². The summed E-state index contributed by atoms with van der Waals surface area (Å²) in [6.45, 7) is 0.501. The summed E-state index contributed by atoms with van der Waals surface area (Å²) in [5.41, 5.74) is 0.507. The Kier molecular flexibility index (Phi) is 7.72. The first-order valence-electron chi connectivity index (χ1n) is 7.53. The molecule has 0 saturated heterocycles. The number of amides is 2. The minimum atomic E-state index is -3.56. The van der Waals surface area contributed by atoms with Crippen LogP contribution in [0.25, 0.3) is 0 Å². The van der Waals surface area contributed by atoms with E-state index in [1.54, 1.807) is 24.3 Å². The summed E-state index contributed by atoms with van der Waals surface area (Å²) in [4.78, 5) is 12.0. The molecule has 140 valence electrons. The number of hydrogen-bond donors (Lipinski definition) is 3. The van der Waals surface area contributed by atoms with Gasteiger partial charge in [0.15, 0.2) is 0 Å². The van der Waals surface area contributed by atoms with Crippen LogP contribution in [0, 0.1) is 0 Å². The maximum absolute atomic E-state index is 12.1. The van der Waals surface area contributed by atoms with Crippen molar-refractivity contribution in [2.45, 2.75) is 11.3 Å². The van der Waals surface area contributed by atoms with E-state index >= 15 is 0 Å². The van der Waals surface area contributed by atoms with Gasteiger partial charge in [-0.05, 0) is 48.9 Å². The Hall–Kier alpha value is -1.32. The normalized spacial score (nSPS) is 11.2. The van der Waals surface area contributed by atoms with E-state index in [0.717, 1.165) is 4.47 Å². The fourth-order valence-corrected chi connectivity index (χ4v) is 3.58. The molecular formula is C16H16BrCl2N3O3S. The summed E-state index contributed by atoms with van der Waals surface area (Å²) in [6, 6.07) is 10.7. The number of rotatable bonds is 7. The second-order valence-corrected chi connectivity index (χ2v) is 8.71. The van der Waals surface area contributed by atoms with Crippen LogP contribution in [-0.2, 0) is 10.0 Å². The number of nitrogens with one attached hydrogen (secondary N) is 3. The van der Waals surface area contributed by atoms with Gasteiger partial charge in [0.25, 0.3) is 0 Å². The fourth-order valence-electron chi connectivity index (χ4n) is 1.94. The minimum Gasteiger partial charge on any atom is -0.338 e. The first-order chi connectivity index (χ1) is 12.3. The Labute approximate surface area is 170 Å². The first kappa shape index (κ1) is 21.0. The molecule has 0 spiro atoms. The summed E-state index contributed by atoms with van der Waals surface area (Å²) < 4.78 is 27.5. The molecule has 0 heterocycles. The highest BCUT2D eigenvalue weighted by atomic mass is 79.9. The van der Waals surface area contributed by atoms with Crippen molar-refractivity contribution >= 4 is 60.9 Å². The van der Waals surface area contributed by atoms with Gasteiger partial charge in [0.05, 0.1) is 14.9 Å². The SMILES string of the molecule is O=C(NCCCNS(=O)(=O)c1ccc(Br)cc1)Nc1ccc(Cl)c(Cl)c1. The summed E-state index contributed by atoms with van der Waals surface area (Å²) in [6.07, 6.45) is 0.435. The Bertz CT molecular complexity index is 877. The third-order valence-corrected chi connectivity index (χ3v) is 5.98. The van der Waals surface area contributed by atoms with Gasteiger partial charge < -0.3 is 10.6 Å². The van der Waals surface area contributed by atoms with Gasteiger partial charge >= 0.3 is 6.03 Å². The summed E-state index contributed by atoms with van der Waals surface area (Å²) in [5, 5.41) is 5.98. The first-order valence-corrected chi connectivity index (χ1v) is 10.6. The standard InChI is InChI=1S/C16H16BrCl2N3O3S/c17-11-2-5-13(6-3-11)26(24,25)21-9-1-8-20-16(23)22-12-4-7-14(18)15(19)10-12/h2-7,10,21H,1,8-9H2,(H2,20,22,23). The van der Waals surface area contributed by atoms with Crippen LogP contribution in [0.2, 0.25) is 10.0 Å². The minimum absolute atomic E-state index is 0.186. The van der Waals surface area contributed by atoms with Crippen molar-refractivity contribution in [2.75, 3.05) is 18.4 Å². The molecular weight excluding hydrogens is 465 g/mol. The van der Waals surface area contributed by atoms with E-state index in [1.807, 2.05) is 0 Å².